The molecule has 0 fully saturated rings. The molecule has 0 aliphatic carbocycles. The van der Waals surface area contributed by atoms with Crippen molar-refractivity contribution in [1.82, 2.24) is 29.9 Å². The molecule has 4 rings (SSSR count). The Bertz CT molecular complexity index is 1060. The monoisotopic (exact) mass is 424 g/mol. The first-order valence-electron chi connectivity index (χ1n) is 9.78. The molecular formula is C21H24N6O2S. The SMILES string of the molecule is CCC(c1nnc(SCc2nnc(-c3ccco3)o2)n1Cc1ccccc1)N(C)C. The number of rotatable bonds is 9. The molecule has 9 heteroatoms. The Balaban J connectivity index is 1.57. The van der Waals surface area contributed by atoms with E-state index in [1.54, 1.807) is 18.4 Å². The fourth-order valence-corrected chi connectivity index (χ4v) is 4.07. The summed E-state index contributed by atoms with van der Waals surface area (Å²) in [4.78, 5) is 2.17. The van der Waals surface area contributed by atoms with Crippen molar-refractivity contribution in [3.63, 3.8) is 0 Å². The highest BCUT2D eigenvalue weighted by molar-refractivity contribution is 7.98. The highest BCUT2D eigenvalue weighted by atomic mass is 32.2. The number of benzene rings is 1. The van der Waals surface area contributed by atoms with Crippen molar-refractivity contribution in [3.05, 3.63) is 66.0 Å². The molecule has 1 atom stereocenters. The van der Waals surface area contributed by atoms with Crippen LogP contribution in [0.2, 0.25) is 0 Å². The Kier molecular flexibility index (Phi) is 6.29. The lowest BCUT2D eigenvalue weighted by molar-refractivity contribution is 0.272. The second-order valence-corrected chi connectivity index (χ2v) is 8.01. The van der Waals surface area contributed by atoms with Crippen LogP contribution < -0.4 is 0 Å². The van der Waals surface area contributed by atoms with Gasteiger partial charge in [-0.25, -0.2) is 0 Å². The van der Waals surface area contributed by atoms with E-state index in [4.69, 9.17) is 8.83 Å². The summed E-state index contributed by atoms with van der Waals surface area (Å²) in [5.41, 5.74) is 1.20. The fourth-order valence-electron chi connectivity index (χ4n) is 3.28. The van der Waals surface area contributed by atoms with Crippen LogP contribution in [0.1, 0.15) is 36.7 Å². The zero-order chi connectivity index (χ0) is 20.9. The van der Waals surface area contributed by atoms with Gasteiger partial charge in [0.25, 0.3) is 5.89 Å². The lowest BCUT2D eigenvalue weighted by atomic mass is 10.2. The lowest BCUT2D eigenvalue weighted by Crippen LogP contribution is -2.23. The Morgan fingerprint density at radius 3 is 2.57 bits per heavy atom. The van der Waals surface area contributed by atoms with Crippen LogP contribution in [0.4, 0.5) is 0 Å². The normalized spacial score (nSPS) is 12.5. The summed E-state index contributed by atoms with van der Waals surface area (Å²) < 4.78 is 13.2. The topological polar surface area (TPSA) is 86.0 Å². The van der Waals surface area contributed by atoms with Crippen LogP contribution in [0.15, 0.2) is 62.7 Å². The van der Waals surface area contributed by atoms with Crippen molar-refractivity contribution >= 4 is 11.8 Å². The summed E-state index contributed by atoms with van der Waals surface area (Å²) in [6.45, 7) is 2.87. The van der Waals surface area contributed by atoms with E-state index in [0.29, 0.717) is 29.8 Å². The largest absolute Gasteiger partial charge is 0.459 e. The van der Waals surface area contributed by atoms with E-state index in [1.165, 1.54) is 17.3 Å². The lowest BCUT2D eigenvalue weighted by Gasteiger charge is -2.23. The van der Waals surface area contributed by atoms with Crippen LogP contribution in [-0.4, -0.2) is 44.0 Å². The standard InChI is InChI=1S/C21H24N6O2S/c1-4-16(26(2)3)19-23-25-21(27(19)13-15-9-6-5-7-10-15)30-14-18-22-24-20(29-18)17-11-8-12-28-17/h5-12,16H,4,13-14H2,1-3H3. The summed E-state index contributed by atoms with van der Waals surface area (Å²) in [6.07, 6.45) is 2.52. The van der Waals surface area contributed by atoms with E-state index in [0.717, 1.165) is 17.4 Å². The molecule has 1 aromatic carbocycles. The smallest absolute Gasteiger partial charge is 0.283 e. The Labute approximate surface area is 179 Å². The second kappa shape index (κ2) is 9.27. The Hall–Kier alpha value is -2.91. The predicted molar refractivity (Wildman–Crippen MR) is 114 cm³/mol. The first kappa shape index (κ1) is 20.4. The molecule has 0 aliphatic rings. The third-order valence-corrected chi connectivity index (χ3v) is 5.71. The zero-order valence-corrected chi connectivity index (χ0v) is 18.0. The van der Waals surface area contributed by atoms with Gasteiger partial charge in [0.2, 0.25) is 5.89 Å². The average Bonchev–Trinajstić information content (AvgIpc) is 3.49. The van der Waals surface area contributed by atoms with Gasteiger partial charge in [0.1, 0.15) is 0 Å². The summed E-state index contributed by atoms with van der Waals surface area (Å²) in [5, 5.41) is 18.0. The molecule has 4 aromatic rings. The van der Waals surface area contributed by atoms with E-state index in [9.17, 15) is 0 Å². The van der Waals surface area contributed by atoms with E-state index >= 15 is 0 Å². The maximum atomic E-state index is 5.72. The molecule has 3 aromatic heterocycles. The minimum atomic E-state index is 0.185. The fraction of sp³-hybridized carbons (Fsp3) is 0.333. The van der Waals surface area contributed by atoms with Crippen LogP contribution in [0.3, 0.4) is 0 Å². The molecule has 0 saturated heterocycles. The molecular weight excluding hydrogens is 400 g/mol. The van der Waals surface area contributed by atoms with Gasteiger partial charge in [0, 0.05) is 0 Å². The van der Waals surface area contributed by atoms with Crippen LogP contribution in [0.25, 0.3) is 11.7 Å². The highest BCUT2D eigenvalue weighted by Crippen LogP contribution is 2.28. The van der Waals surface area contributed by atoms with Crippen molar-refractivity contribution in [3.8, 4) is 11.7 Å². The van der Waals surface area contributed by atoms with Crippen molar-refractivity contribution in [2.75, 3.05) is 14.1 Å². The van der Waals surface area contributed by atoms with Gasteiger partial charge in [-0.2, -0.15) is 0 Å². The number of aromatic nitrogens is 5. The van der Waals surface area contributed by atoms with Crippen molar-refractivity contribution < 1.29 is 8.83 Å². The second-order valence-electron chi connectivity index (χ2n) is 7.07. The molecule has 0 aliphatic heterocycles. The highest BCUT2D eigenvalue weighted by Gasteiger charge is 2.23. The third kappa shape index (κ3) is 4.47. The van der Waals surface area contributed by atoms with E-state index < -0.39 is 0 Å². The minimum absolute atomic E-state index is 0.185. The van der Waals surface area contributed by atoms with Gasteiger partial charge in [-0.05, 0) is 38.2 Å². The summed E-state index contributed by atoms with van der Waals surface area (Å²) >= 11 is 1.53. The predicted octanol–water partition coefficient (Wildman–Crippen LogP) is 4.27. The van der Waals surface area contributed by atoms with Gasteiger partial charge in [-0.15, -0.1) is 20.4 Å². The zero-order valence-electron chi connectivity index (χ0n) is 17.2. The van der Waals surface area contributed by atoms with E-state index in [-0.39, 0.29) is 6.04 Å². The van der Waals surface area contributed by atoms with Gasteiger partial charge in [-0.3, -0.25) is 4.90 Å². The molecule has 1 unspecified atom stereocenters. The van der Waals surface area contributed by atoms with Gasteiger partial charge in [-0.1, -0.05) is 49.0 Å². The Morgan fingerprint density at radius 1 is 1.03 bits per heavy atom. The van der Waals surface area contributed by atoms with Crippen molar-refractivity contribution in [2.24, 2.45) is 0 Å². The molecule has 156 valence electrons. The van der Waals surface area contributed by atoms with Gasteiger partial charge in [0.15, 0.2) is 16.7 Å². The molecule has 0 bridgehead atoms. The van der Waals surface area contributed by atoms with Crippen molar-refractivity contribution in [1.29, 1.82) is 0 Å². The van der Waals surface area contributed by atoms with Gasteiger partial charge < -0.3 is 13.4 Å². The van der Waals surface area contributed by atoms with Gasteiger partial charge >= 0.3 is 0 Å². The number of thioether (sulfide) groups is 1. The molecule has 0 saturated carbocycles. The summed E-state index contributed by atoms with van der Waals surface area (Å²) in [6, 6.07) is 14.1. The summed E-state index contributed by atoms with van der Waals surface area (Å²) in [7, 11) is 4.13. The average molecular weight is 425 g/mol. The molecule has 30 heavy (non-hydrogen) atoms. The molecule has 0 spiro atoms. The van der Waals surface area contributed by atoms with Crippen molar-refractivity contribution in [2.45, 2.75) is 36.8 Å². The number of hydrogen-bond acceptors (Lipinski definition) is 8. The molecule has 3 heterocycles. The molecule has 0 radical (unpaired) electrons. The quantitative estimate of drug-likeness (QED) is 0.368. The van der Waals surface area contributed by atoms with E-state index in [2.05, 4.69) is 63.0 Å². The maximum absolute atomic E-state index is 5.72. The van der Waals surface area contributed by atoms with Crippen LogP contribution in [-0.2, 0) is 12.3 Å². The molecule has 8 nitrogen and oxygen atoms in total. The van der Waals surface area contributed by atoms with Gasteiger partial charge in [0.05, 0.1) is 24.6 Å². The minimum Gasteiger partial charge on any atom is -0.459 e. The third-order valence-electron chi connectivity index (χ3n) is 4.76. The van der Waals surface area contributed by atoms with E-state index in [1.807, 2.05) is 18.2 Å². The van der Waals surface area contributed by atoms with Crippen LogP contribution in [0.5, 0.6) is 0 Å². The van der Waals surface area contributed by atoms with Crippen LogP contribution >= 0.6 is 11.8 Å². The number of nitrogens with zero attached hydrogens (tertiary/aromatic N) is 6. The van der Waals surface area contributed by atoms with Crippen LogP contribution in [0, 0.1) is 0 Å². The summed E-state index contributed by atoms with van der Waals surface area (Å²) in [5.74, 6) is 2.91. The molecule has 0 N–H and O–H groups in total. The number of furan rings is 1. The Morgan fingerprint density at radius 2 is 1.87 bits per heavy atom. The number of hydrogen-bond donors (Lipinski definition) is 0. The first-order valence-corrected chi connectivity index (χ1v) is 10.8. The first-order chi connectivity index (χ1) is 14.7. The molecule has 0 amide bonds. The maximum Gasteiger partial charge on any atom is 0.283 e.